The van der Waals surface area contributed by atoms with E-state index in [1.807, 2.05) is 30.3 Å². The number of nitrogens with one attached hydrogen (secondary N) is 1. The maximum absolute atomic E-state index is 13.0. The standard InChI is InChI=1S/C25H27N5O2/c1-29-23(17-7-9-18(10-8-17)24(28)31)21-15-19(11-12-22(21)27)30-25(32)20(13-14-26)16-5-3-2-4-6-16/h2-12,15,20H,13-14,26-27H2,1H3,(H2,28,31)(H,30,32). The Labute approximate surface area is 187 Å². The van der Waals surface area contributed by atoms with Crippen LogP contribution in [-0.2, 0) is 4.79 Å². The molecule has 0 aliphatic carbocycles. The van der Waals surface area contributed by atoms with Gasteiger partial charge in [-0.2, -0.15) is 0 Å². The number of nitrogens with zero attached hydrogens (tertiary/aromatic N) is 1. The predicted molar refractivity (Wildman–Crippen MR) is 129 cm³/mol. The fourth-order valence-corrected chi connectivity index (χ4v) is 3.57. The summed E-state index contributed by atoms with van der Waals surface area (Å²) < 4.78 is 0. The third-order valence-corrected chi connectivity index (χ3v) is 5.22. The molecule has 7 heteroatoms. The van der Waals surface area contributed by atoms with Crippen molar-refractivity contribution in [1.29, 1.82) is 0 Å². The molecule has 0 aromatic heterocycles. The number of benzene rings is 3. The number of rotatable bonds is 8. The van der Waals surface area contributed by atoms with Crippen molar-refractivity contribution >= 4 is 28.9 Å². The van der Waals surface area contributed by atoms with Gasteiger partial charge in [-0.1, -0.05) is 42.5 Å². The molecule has 3 rings (SSSR count). The third kappa shape index (κ3) is 5.19. The van der Waals surface area contributed by atoms with Crippen molar-refractivity contribution in [2.45, 2.75) is 12.3 Å². The second-order valence-electron chi connectivity index (χ2n) is 7.35. The third-order valence-electron chi connectivity index (χ3n) is 5.22. The molecule has 0 heterocycles. The summed E-state index contributed by atoms with van der Waals surface area (Å²) in [5.41, 5.74) is 21.8. The van der Waals surface area contributed by atoms with Crippen LogP contribution in [0.25, 0.3) is 0 Å². The van der Waals surface area contributed by atoms with E-state index in [1.54, 1.807) is 49.5 Å². The summed E-state index contributed by atoms with van der Waals surface area (Å²) in [7, 11) is 1.66. The number of amides is 2. The quantitative estimate of drug-likeness (QED) is 0.323. The number of hydrogen-bond acceptors (Lipinski definition) is 5. The molecule has 0 saturated heterocycles. The molecule has 2 amide bonds. The van der Waals surface area contributed by atoms with Crippen molar-refractivity contribution in [3.63, 3.8) is 0 Å². The lowest BCUT2D eigenvalue weighted by Gasteiger charge is -2.18. The van der Waals surface area contributed by atoms with Gasteiger partial charge in [0.2, 0.25) is 11.8 Å². The van der Waals surface area contributed by atoms with Gasteiger partial charge in [-0.15, -0.1) is 0 Å². The van der Waals surface area contributed by atoms with E-state index in [-0.39, 0.29) is 11.8 Å². The zero-order chi connectivity index (χ0) is 23.1. The van der Waals surface area contributed by atoms with Crippen LogP contribution in [-0.4, -0.2) is 31.1 Å². The highest BCUT2D eigenvalue weighted by Crippen LogP contribution is 2.25. The number of carbonyl (C=O) groups is 2. The van der Waals surface area contributed by atoms with Crippen molar-refractivity contribution in [2.75, 3.05) is 24.6 Å². The molecule has 1 atom stereocenters. The van der Waals surface area contributed by atoms with Gasteiger partial charge in [-0.3, -0.25) is 14.6 Å². The summed E-state index contributed by atoms with van der Waals surface area (Å²) in [5.74, 6) is -0.998. The first-order valence-electron chi connectivity index (χ1n) is 10.3. The van der Waals surface area contributed by atoms with Crippen LogP contribution in [0.3, 0.4) is 0 Å². The number of carbonyl (C=O) groups excluding carboxylic acids is 2. The Balaban J connectivity index is 1.88. The lowest BCUT2D eigenvalue weighted by Crippen LogP contribution is -2.23. The zero-order valence-electron chi connectivity index (χ0n) is 17.9. The van der Waals surface area contributed by atoms with E-state index < -0.39 is 5.91 Å². The summed E-state index contributed by atoms with van der Waals surface area (Å²) in [4.78, 5) is 28.8. The molecule has 0 bridgehead atoms. The van der Waals surface area contributed by atoms with Gasteiger partial charge in [0.25, 0.3) is 0 Å². The molecule has 0 fully saturated rings. The van der Waals surface area contributed by atoms with Crippen molar-refractivity contribution in [2.24, 2.45) is 16.5 Å². The highest BCUT2D eigenvalue weighted by atomic mass is 16.2. The summed E-state index contributed by atoms with van der Waals surface area (Å²) >= 11 is 0. The molecule has 0 radical (unpaired) electrons. The van der Waals surface area contributed by atoms with Crippen LogP contribution < -0.4 is 22.5 Å². The van der Waals surface area contributed by atoms with Gasteiger partial charge < -0.3 is 22.5 Å². The van der Waals surface area contributed by atoms with Gasteiger partial charge >= 0.3 is 0 Å². The number of hydrogen-bond donors (Lipinski definition) is 4. The summed E-state index contributed by atoms with van der Waals surface area (Å²) in [6.07, 6.45) is 0.533. The van der Waals surface area contributed by atoms with Crippen molar-refractivity contribution in [1.82, 2.24) is 0 Å². The Bertz CT molecular complexity index is 1120. The molecule has 1 unspecified atom stereocenters. The lowest BCUT2D eigenvalue weighted by atomic mass is 9.94. The minimum atomic E-state index is -0.499. The molecule has 164 valence electrons. The number of primary amides is 1. The molecular formula is C25H27N5O2. The number of anilines is 2. The largest absolute Gasteiger partial charge is 0.398 e. The average molecular weight is 430 g/mol. The van der Waals surface area contributed by atoms with E-state index in [0.29, 0.717) is 41.2 Å². The van der Waals surface area contributed by atoms with Crippen LogP contribution in [0.1, 0.15) is 39.4 Å². The van der Waals surface area contributed by atoms with Gasteiger partial charge in [0.15, 0.2) is 0 Å². The smallest absolute Gasteiger partial charge is 0.248 e. The summed E-state index contributed by atoms with van der Waals surface area (Å²) in [6.45, 7) is 0.397. The molecular weight excluding hydrogens is 402 g/mol. The number of nitrogen functional groups attached to an aromatic ring is 1. The van der Waals surface area contributed by atoms with Gasteiger partial charge in [0.05, 0.1) is 11.6 Å². The topological polar surface area (TPSA) is 137 Å². The van der Waals surface area contributed by atoms with E-state index >= 15 is 0 Å². The van der Waals surface area contributed by atoms with Crippen LogP contribution in [0, 0.1) is 0 Å². The Hall–Kier alpha value is -3.97. The Morgan fingerprint density at radius 1 is 0.969 bits per heavy atom. The van der Waals surface area contributed by atoms with E-state index in [4.69, 9.17) is 17.2 Å². The highest BCUT2D eigenvalue weighted by Gasteiger charge is 2.20. The minimum Gasteiger partial charge on any atom is -0.398 e. The second-order valence-corrected chi connectivity index (χ2v) is 7.35. The van der Waals surface area contributed by atoms with Crippen molar-refractivity contribution in [3.8, 4) is 0 Å². The van der Waals surface area contributed by atoms with Gasteiger partial charge in [0, 0.05) is 35.1 Å². The number of aliphatic imine (C=N–C) groups is 1. The summed E-state index contributed by atoms with van der Waals surface area (Å²) in [6, 6.07) is 21.7. The number of nitrogens with two attached hydrogens (primary N) is 3. The molecule has 3 aromatic rings. The molecule has 32 heavy (non-hydrogen) atoms. The molecule has 0 aliphatic heterocycles. The maximum Gasteiger partial charge on any atom is 0.248 e. The fraction of sp³-hybridized carbons (Fsp3) is 0.160. The molecule has 7 nitrogen and oxygen atoms in total. The minimum absolute atomic E-state index is 0.141. The molecule has 0 spiro atoms. The summed E-state index contributed by atoms with van der Waals surface area (Å²) in [5, 5.41) is 2.98. The van der Waals surface area contributed by atoms with Crippen LogP contribution in [0.4, 0.5) is 11.4 Å². The first-order valence-corrected chi connectivity index (χ1v) is 10.3. The molecule has 0 aliphatic rings. The van der Waals surface area contributed by atoms with E-state index in [1.165, 1.54) is 0 Å². The lowest BCUT2D eigenvalue weighted by molar-refractivity contribution is -0.117. The van der Waals surface area contributed by atoms with Crippen LogP contribution in [0.2, 0.25) is 0 Å². The van der Waals surface area contributed by atoms with Crippen molar-refractivity contribution in [3.05, 3.63) is 95.1 Å². The van der Waals surface area contributed by atoms with Gasteiger partial charge in [0.1, 0.15) is 0 Å². The van der Waals surface area contributed by atoms with Crippen LogP contribution in [0.15, 0.2) is 77.8 Å². The predicted octanol–water partition coefficient (Wildman–Crippen LogP) is 2.91. The normalized spacial score (nSPS) is 12.2. The Morgan fingerprint density at radius 2 is 1.62 bits per heavy atom. The molecule has 7 N–H and O–H groups in total. The fourth-order valence-electron chi connectivity index (χ4n) is 3.57. The molecule has 3 aromatic carbocycles. The Kier molecular flexibility index (Phi) is 7.36. The van der Waals surface area contributed by atoms with Crippen molar-refractivity contribution < 1.29 is 9.59 Å². The second kappa shape index (κ2) is 10.4. The first kappa shape index (κ1) is 22.7. The monoisotopic (exact) mass is 429 g/mol. The van der Waals surface area contributed by atoms with Crippen LogP contribution >= 0.6 is 0 Å². The SMILES string of the molecule is CN=C(c1ccc(C(N)=O)cc1)c1cc(NC(=O)C(CCN)c2ccccc2)ccc1N. The Morgan fingerprint density at radius 3 is 2.22 bits per heavy atom. The average Bonchev–Trinajstić information content (AvgIpc) is 2.80. The van der Waals surface area contributed by atoms with Gasteiger partial charge in [-0.05, 0) is 48.9 Å². The van der Waals surface area contributed by atoms with E-state index in [9.17, 15) is 9.59 Å². The van der Waals surface area contributed by atoms with E-state index in [2.05, 4.69) is 10.3 Å². The van der Waals surface area contributed by atoms with Gasteiger partial charge in [-0.25, -0.2) is 0 Å². The van der Waals surface area contributed by atoms with Crippen LogP contribution in [0.5, 0.6) is 0 Å². The zero-order valence-corrected chi connectivity index (χ0v) is 17.9. The maximum atomic E-state index is 13.0. The molecule has 0 saturated carbocycles. The van der Waals surface area contributed by atoms with E-state index in [0.717, 1.165) is 11.1 Å². The first-order chi connectivity index (χ1) is 15.4. The highest BCUT2D eigenvalue weighted by molar-refractivity contribution is 6.16.